The van der Waals surface area contributed by atoms with E-state index in [1.165, 1.54) is 42.4 Å². The van der Waals surface area contributed by atoms with Gasteiger partial charge in [-0.1, -0.05) is 42.9 Å². The number of methoxy groups -OCH3 is 1. The van der Waals surface area contributed by atoms with Crippen LogP contribution in [0.4, 0.5) is 5.13 Å². The smallest absolute Gasteiger partial charge is 0.266 e. The summed E-state index contributed by atoms with van der Waals surface area (Å²) in [7, 11) is 1.63. The number of thioether (sulfide) groups is 1. The van der Waals surface area contributed by atoms with Crippen molar-refractivity contribution in [3.8, 4) is 11.5 Å². The molecule has 2 heterocycles. The molecule has 1 aromatic heterocycles. The fourth-order valence-corrected chi connectivity index (χ4v) is 6.13. The predicted octanol–water partition coefficient (Wildman–Crippen LogP) is 6.26. The van der Waals surface area contributed by atoms with Crippen molar-refractivity contribution >= 4 is 62.7 Å². The molecule has 2 amide bonds. The highest BCUT2D eigenvalue weighted by molar-refractivity contribution is 8.26. The quantitative estimate of drug-likeness (QED) is 0.203. The number of rotatable bonds is 11. The molecule has 2 aromatic rings. The van der Waals surface area contributed by atoms with E-state index in [0.717, 1.165) is 43.4 Å². The predicted molar refractivity (Wildman–Crippen MR) is 150 cm³/mol. The fourth-order valence-electron chi connectivity index (χ4n) is 4.28. The molecule has 0 bridgehead atoms. The van der Waals surface area contributed by atoms with E-state index in [2.05, 4.69) is 10.3 Å². The Balaban J connectivity index is 1.27. The number of nitrogens with zero attached hydrogens (tertiary/aromatic N) is 2. The zero-order chi connectivity index (χ0) is 25.3. The average molecular weight is 546 g/mol. The third-order valence-corrected chi connectivity index (χ3v) is 8.24. The van der Waals surface area contributed by atoms with Gasteiger partial charge in [0.1, 0.15) is 4.32 Å². The molecule has 1 aromatic carbocycles. The molecule has 36 heavy (non-hydrogen) atoms. The van der Waals surface area contributed by atoms with Crippen LogP contribution in [0, 0.1) is 0 Å². The second-order valence-corrected chi connectivity index (χ2v) is 11.4. The average Bonchev–Trinajstić information content (AvgIpc) is 3.48. The van der Waals surface area contributed by atoms with E-state index in [0.29, 0.717) is 33.1 Å². The van der Waals surface area contributed by atoms with Gasteiger partial charge in [0.05, 0.1) is 18.1 Å². The Morgan fingerprint density at radius 2 is 2.06 bits per heavy atom. The number of thiocarbonyl (C=S) groups is 1. The van der Waals surface area contributed by atoms with Gasteiger partial charge in [-0.15, -0.1) is 11.3 Å². The summed E-state index contributed by atoms with van der Waals surface area (Å²) in [6.07, 6.45) is 12.4. The number of carbonyl (C=O) groups is 2. The Hall–Kier alpha value is -2.43. The number of unbranched alkanes of at least 4 members (excludes halogenated alkanes) is 2. The summed E-state index contributed by atoms with van der Waals surface area (Å²) in [4.78, 5) is 31.2. The van der Waals surface area contributed by atoms with Crippen LogP contribution in [0.5, 0.6) is 11.5 Å². The van der Waals surface area contributed by atoms with Gasteiger partial charge in [0.2, 0.25) is 5.91 Å². The molecule has 1 saturated carbocycles. The molecular formula is C26H31N3O4S3. The highest BCUT2D eigenvalue weighted by Crippen LogP contribution is 2.36. The highest BCUT2D eigenvalue weighted by atomic mass is 32.2. The molecule has 192 valence electrons. The first kappa shape index (κ1) is 26.6. The molecule has 0 radical (unpaired) electrons. The summed E-state index contributed by atoms with van der Waals surface area (Å²) in [5, 5.41) is 5.23. The van der Waals surface area contributed by atoms with Crippen molar-refractivity contribution in [3.05, 3.63) is 40.2 Å². The molecule has 1 aliphatic heterocycles. The van der Waals surface area contributed by atoms with Crippen LogP contribution in [0.3, 0.4) is 0 Å². The normalized spacial score (nSPS) is 17.6. The standard InChI is InChI=1S/C26H31N3O4S3/c1-32-21-16-18(11-12-20(21)33-19-8-4-2-5-9-19)17-22-24(31)29(26(34)36-22)14-7-3-6-10-23(30)28-25-27-13-15-35-25/h11-13,15-17,19H,2-10,14H2,1H3,(H,27,28,30)/b22-17-. The third-order valence-electron chi connectivity index (χ3n) is 6.17. The lowest BCUT2D eigenvalue weighted by atomic mass is 9.98. The topological polar surface area (TPSA) is 80.8 Å². The molecule has 2 aliphatic rings. The van der Waals surface area contributed by atoms with E-state index in [9.17, 15) is 9.59 Å². The van der Waals surface area contributed by atoms with Crippen LogP contribution in [0.2, 0.25) is 0 Å². The van der Waals surface area contributed by atoms with Gasteiger partial charge in [-0.3, -0.25) is 14.5 Å². The first-order valence-electron chi connectivity index (χ1n) is 12.3. The lowest BCUT2D eigenvalue weighted by Gasteiger charge is -2.24. The summed E-state index contributed by atoms with van der Waals surface area (Å²) < 4.78 is 12.3. The third kappa shape index (κ3) is 7.30. The van der Waals surface area contributed by atoms with Gasteiger partial charge >= 0.3 is 0 Å². The summed E-state index contributed by atoms with van der Waals surface area (Å²) in [5.41, 5.74) is 0.870. The van der Waals surface area contributed by atoms with Crippen LogP contribution in [0.1, 0.15) is 63.4 Å². The van der Waals surface area contributed by atoms with Crippen molar-refractivity contribution in [2.24, 2.45) is 0 Å². The lowest BCUT2D eigenvalue weighted by molar-refractivity contribution is -0.122. The minimum Gasteiger partial charge on any atom is -0.493 e. The summed E-state index contributed by atoms with van der Waals surface area (Å²) in [5.74, 6) is 1.30. The number of ether oxygens (including phenoxy) is 2. The fraction of sp³-hybridized carbons (Fsp3) is 0.462. The Morgan fingerprint density at radius 1 is 1.22 bits per heavy atom. The molecule has 1 saturated heterocycles. The van der Waals surface area contributed by atoms with Gasteiger partial charge in [0.25, 0.3) is 5.91 Å². The van der Waals surface area contributed by atoms with Gasteiger partial charge in [-0.2, -0.15) is 0 Å². The number of amides is 2. The molecule has 10 heteroatoms. The monoisotopic (exact) mass is 545 g/mol. The van der Waals surface area contributed by atoms with E-state index in [-0.39, 0.29) is 17.9 Å². The Kier molecular flexibility index (Phi) is 9.77. The van der Waals surface area contributed by atoms with Gasteiger partial charge in [0, 0.05) is 24.5 Å². The van der Waals surface area contributed by atoms with Gasteiger partial charge in [-0.05, 0) is 62.3 Å². The van der Waals surface area contributed by atoms with E-state index < -0.39 is 0 Å². The highest BCUT2D eigenvalue weighted by Gasteiger charge is 2.31. The summed E-state index contributed by atoms with van der Waals surface area (Å²) in [6, 6.07) is 5.77. The van der Waals surface area contributed by atoms with Crippen molar-refractivity contribution in [1.29, 1.82) is 0 Å². The first-order chi connectivity index (χ1) is 17.5. The Bertz CT molecular complexity index is 1100. The second-order valence-electron chi connectivity index (χ2n) is 8.82. The number of aromatic nitrogens is 1. The number of nitrogens with one attached hydrogen (secondary N) is 1. The van der Waals surface area contributed by atoms with Gasteiger partial charge in [0.15, 0.2) is 16.6 Å². The minimum atomic E-state index is -0.0759. The molecule has 0 atom stereocenters. The summed E-state index contributed by atoms with van der Waals surface area (Å²) >= 11 is 8.19. The van der Waals surface area contributed by atoms with Crippen molar-refractivity contribution in [2.45, 2.75) is 63.9 Å². The van der Waals surface area contributed by atoms with Crippen LogP contribution in [-0.2, 0) is 9.59 Å². The first-order valence-corrected chi connectivity index (χ1v) is 14.4. The molecule has 4 rings (SSSR count). The number of carbonyl (C=O) groups excluding carboxylic acids is 2. The number of benzene rings is 1. The van der Waals surface area contributed by atoms with Crippen LogP contribution in [0.15, 0.2) is 34.7 Å². The summed E-state index contributed by atoms with van der Waals surface area (Å²) in [6.45, 7) is 0.549. The van der Waals surface area contributed by atoms with E-state index in [1.807, 2.05) is 29.7 Å². The largest absolute Gasteiger partial charge is 0.493 e. The van der Waals surface area contributed by atoms with Crippen molar-refractivity contribution in [3.63, 3.8) is 0 Å². The minimum absolute atomic E-state index is 0.0379. The number of thiazole rings is 1. The number of hydrogen-bond donors (Lipinski definition) is 1. The van der Waals surface area contributed by atoms with E-state index >= 15 is 0 Å². The molecule has 1 N–H and O–H groups in total. The van der Waals surface area contributed by atoms with E-state index in [1.54, 1.807) is 18.2 Å². The van der Waals surface area contributed by atoms with Crippen LogP contribution >= 0.6 is 35.3 Å². The lowest BCUT2D eigenvalue weighted by Crippen LogP contribution is -2.29. The Labute approximate surface area is 225 Å². The SMILES string of the molecule is COc1cc(/C=C2\SC(=S)N(CCCCCC(=O)Nc3nccs3)C2=O)ccc1OC1CCCCC1. The maximum absolute atomic E-state index is 13.0. The zero-order valence-corrected chi connectivity index (χ0v) is 22.8. The molecular weight excluding hydrogens is 515 g/mol. The van der Waals surface area contributed by atoms with E-state index in [4.69, 9.17) is 21.7 Å². The van der Waals surface area contributed by atoms with Gasteiger partial charge < -0.3 is 14.8 Å². The van der Waals surface area contributed by atoms with Gasteiger partial charge in [-0.25, -0.2) is 4.98 Å². The maximum atomic E-state index is 13.0. The van der Waals surface area contributed by atoms with Crippen LogP contribution in [-0.4, -0.2) is 45.8 Å². The van der Waals surface area contributed by atoms with Crippen LogP contribution < -0.4 is 14.8 Å². The zero-order valence-electron chi connectivity index (χ0n) is 20.4. The molecule has 0 unspecified atom stereocenters. The van der Waals surface area contributed by atoms with Crippen molar-refractivity contribution < 1.29 is 19.1 Å². The number of anilines is 1. The molecule has 7 nitrogen and oxygen atoms in total. The molecule has 1 aliphatic carbocycles. The van der Waals surface area contributed by atoms with Crippen LogP contribution in [0.25, 0.3) is 6.08 Å². The maximum Gasteiger partial charge on any atom is 0.266 e. The van der Waals surface area contributed by atoms with Crippen molar-refractivity contribution in [2.75, 3.05) is 19.0 Å². The molecule has 0 spiro atoms. The molecule has 2 fully saturated rings. The number of hydrogen-bond acceptors (Lipinski definition) is 8. The van der Waals surface area contributed by atoms with Crippen molar-refractivity contribution in [1.82, 2.24) is 9.88 Å². The Morgan fingerprint density at radius 3 is 2.81 bits per heavy atom. The second kappa shape index (κ2) is 13.2.